The van der Waals surface area contributed by atoms with E-state index in [0.29, 0.717) is 25.3 Å². The summed E-state index contributed by atoms with van der Waals surface area (Å²) in [6.45, 7) is 3.40. The van der Waals surface area contributed by atoms with Crippen LogP contribution in [0.2, 0.25) is 0 Å². The third-order valence-corrected chi connectivity index (χ3v) is 3.50. The molecule has 2 N–H and O–H groups in total. The number of aliphatic hydroxyl groups excluding tert-OH is 1. The molecule has 2 aromatic rings. The molecule has 120 valence electrons. The van der Waals surface area contributed by atoms with E-state index in [4.69, 9.17) is 0 Å². The fourth-order valence-corrected chi connectivity index (χ4v) is 2.25. The Bertz CT molecular complexity index is 699. The number of H-pyrrole nitrogens is 1. The zero-order chi connectivity index (χ0) is 16.1. The van der Waals surface area contributed by atoms with Crippen molar-refractivity contribution in [2.75, 3.05) is 19.7 Å². The Hall–Kier alpha value is -2.19. The van der Waals surface area contributed by atoms with Crippen LogP contribution in [0.15, 0.2) is 28.0 Å². The maximum atomic E-state index is 11.9. The van der Waals surface area contributed by atoms with E-state index in [2.05, 4.69) is 9.97 Å². The Morgan fingerprint density at radius 3 is 2.73 bits per heavy atom. The van der Waals surface area contributed by atoms with Crippen LogP contribution in [-0.2, 0) is 20.1 Å². The van der Waals surface area contributed by atoms with Crippen molar-refractivity contribution in [3.8, 4) is 0 Å². The second-order valence-corrected chi connectivity index (χ2v) is 5.20. The smallest absolute Gasteiger partial charge is 0.328 e. The van der Waals surface area contributed by atoms with Gasteiger partial charge in [0.25, 0.3) is 5.56 Å². The van der Waals surface area contributed by atoms with Gasteiger partial charge >= 0.3 is 5.69 Å². The number of aromatic nitrogens is 4. The lowest BCUT2D eigenvalue weighted by molar-refractivity contribution is 0.180. The van der Waals surface area contributed by atoms with Crippen molar-refractivity contribution < 1.29 is 5.11 Å². The van der Waals surface area contributed by atoms with E-state index >= 15 is 0 Å². The SMILES string of the molecule is Cc1cc(=O)n(CCN(CCO)Cc2nccn2C)c(=O)[nH]1. The Balaban J connectivity index is 2.08. The number of aromatic amines is 1. The van der Waals surface area contributed by atoms with Gasteiger partial charge in [-0.1, -0.05) is 0 Å². The first kappa shape index (κ1) is 16.2. The molecule has 8 heteroatoms. The van der Waals surface area contributed by atoms with E-state index in [1.165, 1.54) is 6.07 Å². The van der Waals surface area contributed by atoms with Crippen molar-refractivity contribution >= 4 is 0 Å². The quantitative estimate of drug-likeness (QED) is 0.689. The fourth-order valence-electron chi connectivity index (χ4n) is 2.25. The Labute approximate surface area is 127 Å². The van der Waals surface area contributed by atoms with Gasteiger partial charge in [0, 0.05) is 50.8 Å². The molecule has 2 heterocycles. The summed E-state index contributed by atoms with van der Waals surface area (Å²) in [5, 5.41) is 9.17. The van der Waals surface area contributed by atoms with E-state index in [9.17, 15) is 14.7 Å². The minimum absolute atomic E-state index is 0.00355. The second-order valence-electron chi connectivity index (χ2n) is 5.20. The number of hydrogen-bond acceptors (Lipinski definition) is 5. The van der Waals surface area contributed by atoms with Crippen LogP contribution >= 0.6 is 0 Å². The van der Waals surface area contributed by atoms with E-state index < -0.39 is 5.69 Å². The fraction of sp³-hybridized carbons (Fsp3) is 0.500. The Morgan fingerprint density at radius 2 is 2.14 bits per heavy atom. The minimum Gasteiger partial charge on any atom is -0.395 e. The van der Waals surface area contributed by atoms with Gasteiger partial charge in [-0.15, -0.1) is 0 Å². The molecular formula is C14H21N5O3. The lowest BCUT2D eigenvalue weighted by Crippen LogP contribution is -2.39. The molecular weight excluding hydrogens is 286 g/mol. The topological polar surface area (TPSA) is 96.2 Å². The summed E-state index contributed by atoms with van der Waals surface area (Å²) < 4.78 is 3.06. The van der Waals surface area contributed by atoms with Crippen LogP contribution in [0.4, 0.5) is 0 Å². The molecule has 0 spiro atoms. The second kappa shape index (κ2) is 7.19. The zero-order valence-electron chi connectivity index (χ0n) is 12.8. The van der Waals surface area contributed by atoms with Crippen LogP contribution in [0.3, 0.4) is 0 Å². The maximum Gasteiger partial charge on any atom is 0.328 e. The molecule has 0 radical (unpaired) electrons. The first-order valence-electron chi connectivity index (χ1n) is 7.11. The molecule has 2 rings (SSSR count). The number of aliphatic hydroxyl groups is 1. The highest BCUT2D eigenvalue weighted by Crippen LogP contribution is 2.01. The van der Waals surface area contributed by atoms with E-state index in [1.807, 2.05) is 22.7 Å². The summed E-state index contributed by atoms with van der Waals surface area (Å²) in [6, 6.07) is 1.40. The first-order chi connectivity index (χ1) is 10.5. The molecule has 0 aliphatic carbocycles. The normalized spacial score (nSPS) is 11.3. The lowest BCUT2D eigenvalue weighted by atomic mass is 10.4. The summed E-state index contributed by atoms with van der Waals surface area (Å²) >= 11 is 0. The average Bonchev–Trinajstić information content (AvgIpc) is 2.83. The molecule has 8 nitrogen and oxygen atoms in total. The van der Waals surface area contributed by atoms with Gasteiger partial charge < -0.3 is 14.7 Å². The van der Waals surface area contributed by atoms with E-state index in [-0.39, 0.29) is 18.7 Å². The predicted molar refractivity (Wildman–Crippen MR) is 81.6 cm³/mol. The van der Waals surface area contributed by atoms with Crippen LogP contribution in [0.25, 0.3) is 0 Å². The predicted octanol–water partition coefficient (Wildman–Crippen LogP) is -0.927. The maximum absolute atomic E-state index is 11.9. The summed E-state index contributed by atoms with van der Waals surface area (Å²) in [4.78, 5) is 32.5. The van der Waals surface area contributed by atoms with Crippen molar-refractivity contribution in [3.05, 3.63) is 50.8 Å². The highest BCUT2D eigenvalue weighted by atomic mass is 16.3. The van der Waals surface area contributed by atoms with E-state index in [0.717, 1.165) is 10.4 Å². The molecule has 0 aliphatic rings. The van der Waals surface area contributed by atoms with Gasteiger partial charge in [0.1, 0.15) is 5.82 Å². The molecule has 0 unspecified atom stereocenters. The number of aryl methyl sites for hydroxylation is 2. The highest BCUT2D eigenvalue weighted by molar-refractivity contribution is 4.96. The Morgan fingerprint density at radius 1 is 1.36 bits per heavy atom. The molecule has 0 saturated heterocycles. The van der Waals surface area contributed by atoms with Crippen molar-refractivity contribution in [3.63, 3.8) is 0 Å². The third-order valence-electron chi connectivity index (χ3n) is 3.50. The summed E-state index contributed by atoms with van der Waals surface area (Å²) in [6.07, 6.45) is 3.56. The molecule has 0 aliphatic heterocycles. The molecule has 22 heavy (non-hydrogen) atoms. The average molecular weight is 307 g/mol. The largest absolute Gasteiger partial charge is 0.395 e. The zero-order valence-corrected chi connectivity index (χ0v) is 12.8. The van der Waals surface area contributed by atoms with Gasteiger partial charge in [0.15, 0.2) is 0 Å². The van der Waals surface area contributed by atoms with Crippen molar-refractivity contribution in [2.24, 2.45) is 7.05 Å². The van der Waals surface area contributed by atoms with Crippen LogP contribution in [0.5, 0.6) is 0 Å². The Kier molecular flexibility index (Phi) is 5.29. The monoisotopic (exact) mass is 307 g/mol. The van der Waals surface area contributed by atoms with Crippen molar-refractivity contribution in [2.45, 2.75) is 20.0 Å². The van der Waals surface area contributed by atoms with Gasteiger partial charge in [-0.2, -0.15) is 0 Å². The van der Waals surface area contributed by atoms with Crippen LogP contribution < -0.4 is 11.2 Å². The van der Waals surface area contributed by atoms with Gasteiger partial charge in [0.05, 0.1) is 13.2 Å². The number of nitrogens with zero attached hydrogens (tertiary/aromatic N) is 4. The van der Waals surface area contributed by atoms with Gasteiger partial charge in [-0.25, -0.2) is 9.78 Å². The van der Waals surface area contributed by atoms with Crippen LogP contribution in [-0.4, -0.2) is 48.8 Å². The van der Waals surface area contributed by atoms with Crippen LogP contribution in [0, 0.1) is 6.92 Å². The number of rotatable bonds is 7. The standard InChI is InChI=1S/C14H21N5O3/c1-11-9-13(21)19(14(22)16-11)6-5-18(7-8-20)10-12-15-3-4-17(12)2/h3-4,9,20H,5-8,10H2,1-2H3,(H,16,22). The molecule has 0 fully saturated rings. The third kappa shape index (κ3) is 3.92. The van der Waals surface area contributed by atoms with E-state index in [1.54, 1.807) is 13.1 Å². The number of imidazole rings is 1. The molecule has 0 atom stereocenters. The lowest BCUT2D eigenvalue weighted by Gasteiger charge is -2.21. The van der Waals surface area contributed by atoms with Crippen molar-refractivity contribution in [1.29, 1.82) is 0 Å². The molecule has 0 saturated carbocycles. The number of hydrogen-bond donors (Lipinski definition) is 2. The van der Waals surface area contributed by atoms with Gasteiger partial charge in [-0.05, 0) is 6.92 Å². The minimum atomic E-state index is -0.411. The van der Waals surface area contributed by atoms with Crippen LogP contribution in [0.1, 0.15) is 11.5 Å². The molecule has 0 amide bonds. The molecule has 2 aromatic heterocycles. The highest BCUT2D eigenvalue weighted by Gasteiger charge is 2.10. The van der Waals surface area contributed by atoms with Crippen molar-refractivity contribution in [1.82, 2.24) is 24.0 Å². The van der Waals surface area contributed by atoms with Gasteiger partial charge in [-0.3, -0.25) is 14.3 Å². The summed E-state index contributed by atoms with van der Waals surface area (Å²) in [5.41, 5.74) is -0.181. The van der Waals surface area contributed by atoms with Gasteiger partial charge in [0.2, 0.25) is 0 Å². The summed E-state index contributed by atoms with van der Waals surface area (Å²) in [5.74, 6) is 0.860. The molecule has 0 aromatic carbocycles. The number of nitrogens with one attached hydrogen (secondary N) is 1. The molecule has 0 bridgehead atoms. The first-order valence-corrected chi connectivity index (χ1v) is 7.11. The summed E-state index contributed by atoms with van der Waals surface area (Å²) in [7, 11) is 1.90.